The number of aromatic nitrogens is 7. The topological polar surface area (TPSA) is 58.4 Å². The monoisotopic (exact) mass is 719 g/mol. The van der Waals surface area contributed by atoms with Crippen LogP contribution in [0.15, 0.2) is 146 Å². The average molecular weight is 720 g/mol. The third-order valence-corrected chi connectivity index (χ3v) is 13.3. The van der Waals surface area contributed by atoms with Gasteiger partial charge in [0, 0.05) is 56.5 Å². The van der Waals surface area contributed by atoms with E-state index in [0.29, 0.717) is 26.2 Å². The van der Waals surface area contributed by atoms with Crippen LogP contribution in [0.5, 0.6) is 0 Å². The van der Waals surface area contributed by atoms with Crippen LogP contribution in [0.25, 0.3) is 54.8 Å². The van der Waals surface area contributed by atoms with Crippen molar-refractivity contribution < 1.29 is 0 Å². The highest BCUT2D eigenvalue weighted by Gasteiger charge is 2.63. The number of pyridine rings is 1. The number of hydrogen-bond donors (Lipinski definition) is 0. The minimum atomic E-state index is -0.633. The van der Waals surface area contributed by atoms with Crippen LogP contribution in [-0.2, 0) is 31.6 Å². The summed E-state index contributed by atoms with van der Waals surface area (Å²) < 4.78 is 9.39. The van der Waals surface area contributed by atoms with E-state index in [1.54, 1.807) is 0 Å². The Hall–Kier alpha value is -6.99. The van der Waals surface area contributed by atoms with Crippen molar-refractivity contribution in [3.63, 3.8) is 0 Å². The van der Waals surface area contributed by atoms with Gasteiger partial charge in [0.15, 0.2) is 0 Å². The molecule has 1 spiro atoms. The Kier molecular flexibility index (Phi) is 5.35. The van der Waals surface area contributed by atoms with E-state index in [2.05, 4.69) is 164 Å². The Labute approximate surface area is 321 Å². The van der Waals surface area contributed by atoms with E-state index in [-0.39, 0.29) is 5.92 Å². The zero-order valence-corrected chi connectivity index (χ0v) is 30.4. The van der Waals surface area contributed by atoms with Crippen molar-refractivity contribution in [3.8, 4) is 0 Å². The van der Waals surface area contributed by atoms with Crippen molar-refractivity contribution in [3.05, 3.63) is 196 Å². The van der Waals surface area contributed by atoms with Crippen molar-refractivity contribution in [1.82, 2.24) is 33.7 Å². The molecule has 5 aromatic carbocycles. The van der Waals surface area contributed by atoms with Crippen LogP contribution in [0.3, 0.4) is 0 Å². The molecule has 7 heteroatoms. The molecule has 10 heterocycles. The van der Waals surface area contributed by atoms with Crippen LogP contribution in [0.4, 0.5) is 0 Å². The first-order chi connectivity index (χ1) is 27.7. The molecular formula is C49H33N7. The van der Waals surface area contributed by atoms with Crippen molar-refractivity contribution in [2.24, 2.45) is 0 Å². The predicted octanol–water partition coefficient (Wildman–Crippen LogP) is 9.52. The molecule has 0 fully saturated rings. The molecule has 2 atom stereocenters. The number of fused-ring (bicyclic) bond motifs is 8. The third-order valence-electron chi connectivity index (χ3n) is 13.3. The molecule has 5 aliphatic heterocycles. The summed E-state index contributed by atoms with van der Waals surface area (Å²) in [4.78, 5) is 5.27. The zero-order chi connectivity index (χ0) is 36.3. The SMILES string of the molecule is c1cc2nc(c1)Cn1cc(c3ccccc31)C1C3=C(c4cn(c5ccccc45)C2)C12c1c(cccc1Cn1nc2c2ccccc21)Cn1nc3c2ccccc21. The number of hydrogen-bond acceptors (Lipinski definition) is 3. The molecule has 0 amide bonds. The molecule has 0 N–H and O–H groups in total. The smallest absolute Gasteiger partial charge is 0.0972 e. The molecule has 7 nitrogen and oxygen atoms in total. The Balaban J connectivity index is 1.26. The fourth-order valence-electron chi connectivity index (χ4n) is 11.3. The van der Waals surface area contributed by atoms with E-state index in [1.165, 1.54) is 77.1 Å². The molecule has 14 bridgehead atoms. The fraction of sp³-hybridized carbons (Fsp3) is 0.122. The van der Waals surface area contributed by atoms with Gasteiger partial charge in [-0.25, -0.2) is 0 Å². The molecule has 264 valence electrons. The van der Waals surface area contributed by atoms with Gasteiger partial charge in [-0.2, -0.15) is 10.2 Å². The van der Waals surface area contributed by atoms with Crippen molar-refractivity contribution >= 4 is 54.8 Å². The standard InChI is InChI=1S/C49H33N7/c1-5-19-39-33(15-1)37-27-53(39)25-31-13-10-14-32(50-31)26-54-28-38(34-16-2-6-20-40(34)54)46-43-45(37)49(46)44-29(23-55-41-21-7-3-17-35(41)47(43)51-55)11-9-12-30(44)24-56-42-22-8-4-18-36(42)48(49)52-56/h1-22,27-28,45H,23-26H2. The van der Waals surface area contributed by atoms with Gasteiger partial charge in [0.1, 0.15) is 0 Å². The van der Waals surface area contributed by atoms with Crippen LogP contribution in [0, 0.1) is 0 Å². The number of nitrogens with zero attached hydrogens (tertiary/aromatic N) is 7. The number of para-hydroxylation sites is 4. The van der Waals surface area contributed by atoms with E-state index < -0.39 is 5.41 Å². The summed E-state index contributed by atoms with van der Waals surface area (Å²) in [6.07, 6.45) is 4.87. The minimum absolute atomic E-state index is 0.0948. The predicted molar refractivity (Wildman–Crippen MR) is 221 cm³/mol. The Morgan fingerprint density at radius 2 is 1.07 bits per heavy atom. The highest BCUT2D eigenvalue weighted by molar-refractivity contribution is 6.18. The summed E-state index contributed by atoms with van der Waals surface area (Å²) in [7, 11) is 0. The molecule has 16 rings (SSSR count). The second kappa shape index (κ2) is 10.2. The van der Waals surface area contributed by atoms with Crippen LogP contribution in [0.1, 0.15) is 56.5 Å². The second-order valence-electron chi connectivity index (χ2n) is 16.1. The first-order valence-electron chi connectivity index (χ1n) is 19.6. The molecule has 0 saturated carbocycles. The minimum Gasteiger partial charge on any atom is -0.341 e. The molecule has 56 heavy (non-hydrogen) atoms. The molecule has 1 aliphatic carbocycles. The van der Waals surface area contributed by atoms with Gasteiger partial charge < -0.3 is 9.13 Å². The van der Waals surface area contributed by atoms with E-state index in [9.17, 15) is 0 Å². The molecule has 0 saturated heterocycles. The molecule has 6 aliphatic rings. The summed E-state index contributed by atoms with van der Waals surface area (Å²) in [5.41, 5.74) is 17.6. The maximum atomic E-state index is 5.77. The molecule has 0 radical (unpaired) electrons. The maximum Gasteiger partial charge on any atom is 0.0972 e. The lowest BCUT2D eigenvalue weighted by Crippen LogP contribution is -2.47. The molecule has 2 unspecified atom stereocenters. The quantitative estimate of drug-likeness (QED) is 0.157. The lowest BCUT2D eigenvalue weighted by molar-refractivity contribution is 0.543. The number of allylic oxidation sites excluding steroid dienone is 2. The normalized spacial score (nSPS) is 19.0. The summed E-state index contributed by atoms with van der Waals surface area (Å²) in [6.45, 7) is 2.73. The molecule has 5 aromatic heterocycles. The van der Waals surface area contributed by atoms with Crippen molar-refractivity contribution in [2.75, 3.05) is 0 Å². The van der Waals surface area contributed by atoms with Gasteiger partial charge in [-0.05, 0) is 69.8 Å². The lowest BCUT2D eigenvalue weighted by atomic mass is 9.46. The number of benzene rings is 5. The summed E-state index contributed by atoms with van der Waals surface area (Å²) >= 11 is 0. The van der Waals surface area contributed by atoms with E-state index in [4.69, 9.17) is 15.2 Å². The Bertz CT molecular complexity index is 3400. The van der Waals surface area contributed by atoms with Gasteiger partial charge in [-0.15, -0.1) is 0 Å². The summed E-state index contributed by atoms with van der Waals surface area (Å²) in [5.74, 6) is -0.0948. The van der Waals surface area contributed by atoms with E-state index >= 15 is 0 Å². The van der Waals surface area contributed by atoms with Gasteiger partial charge in [0.05, 0.1) is 65.4 Å². The first-order valence-corrected chi connectivity index (χ1v) is 19.6. The fourth-order valence-corrected chi connectivity index (χ4v) is 11.3. The van der Waals surface area contributed by atoms with Crippen LogP contribution < -0.4 is 0 Å². The van der Waals surface area contributed by atoms with Crippen LogP contribution in [0.2, 0.25) is 0 Å². The maximum absolute atomic E-state index is 5.77. The Morgan fingerprint density at radius 3 is 1.82 bits per heavy atom. The molecule has 10 aromatic rings. The van der Waals surface area contributed by atoms with Crippen molar-refractivity contribution in [2.45, 2.75) is 37.5 Å². The summed E-state index contributed by atoms with van der Waals surface area (Å²) in [5, 5.41) is 16.3. The van der Waals surface area contributed by atoms with Crippen LogP contribution >= 0.6 is 0 Å². The highest BCUT2D eigenvalue weighted by Crippen LogP contribution is 2.71. The first kappa shape index (κ1) is 29.4. The van der Waals surface area contributed by atoms with Gasteiger partial charge >= 0.3 is 0 Å². The van der Waals surface area contributed by atoms with Gasteiger partial charge in [0.2, 0.25) is 0 Å². The highest BCUT2D eigenvalue weighted by atomic mass is 15.3. The van der Waals surface area contributed by atoms with Gasteiger partial charge in [-0.3, -0.25) is 14.3 Å². The average Bonchev–Trinajstić information content (AvgIpc) is 3.96. The number of rotatable bonds is 0. The zero-order valence-electron chi connectivity index (χ0n) is 30.4. The molecular weight excluding hydrogens is 687 g/mol. The third kappa shape index (κ3) is 3.48. The van der Waals surface area contributed by atoms with Gasteiger partial charge in [-0.1, -0.05) is 97.1 Å². The van der Waals surface area contributed by atoms with Gasteiger partial charge in [0.25, 0.3) is 0 Å². The van der Waals surface area contributed by atoms with Crippen LogP contribution in [-0.4, -0.2) is 33.7 Å². The van der Waals surface area contributed by atoms with E-state index in [1.807, 2.05) is 0 Å². The lowest BCUT2D eigenvalue weighted by Gasteiger charge is -2.53. The largest absolute Gasteiger partial charge is 0.341 e. The second-order valence-corrected chi connectivity index (χ2v) is 16.1. The Morgan fingerprint density at radius 1 is 0.500 bits per heavy atom. The summed E-state index contributed by atoms with van der Waals surface area (Å²) in [6, 6.07) is 49.2. The van der Waals surface area contributed by atoms with E-state index in [0.717, 1.165) is 28.3 Å². The van der Waals surface area contributed by atoms with Crippen molar-refractivity contribution in [1.29, 1.82) is 0 Å².